The summed E-state index contributed by atoms with van der Waals surface area (Å²) in [4.78, 5) is 5.76. The highest BCUT2D eigenvalue weighted by atomic mass is 79.9. The summed E-state index contributed by atoms with van der Waals surface area (Å²) in [6, 6.07) is 6.39. The van der Waals surface area contributed by atoms with Crippen molar-refractivity contribution >= 4 is 26.8 Å². The predicted octanol–water partition coefficient (Wildman–Crippen LogP) is 2.94. The molecule has 1 aromatic carbocycles. The Morgan fingerprint density at radius 3 is 3.10 bits per heavy atom. The number of halogens is 1. The Hall–Kier alpha value is -1.04. The van der Waals surface area contributed by atoms with Crippen molar-refractivity contribution in [3.8, 4) is 5.75 Å². The van der Waals surface area contributed by atoms with E-state index in [2.05, 4.69) is 31.9 Å². The average Bonchev–Trinajstić information content (AvgIpc) is 3.07. The number of ether oxygens (including phenoxy) is 1. The molecule has 1 unspecified atom stereocenters. The number of hydrogen-bond acceptors (Lipinski definition) is 3. The van der Waals surface area contributed by atoms with E-state index < -0.39 is 0 Å². The Balaban J connectivity index is 1.85. The number of rotatable bonds is 5. The molecule has 0 aliphatic carbocycles. The van der Waals surface area contributed by atoms with Crippen LogP contribution in [0.1, 0.15) is 18.4 Å². The number of nitrogens with one attached hydrogen (secondary N) is 1. The lowest BCUT2D eigenvalue weighted by Gasteiger charge is -2.22. The second-order valence-electron chi connectivity index (χ2n) is 5.56. The Kier molecular flexibility index (Phi) is 4.52. The van der Waals surface area contributed by atoms with Crippen molar-refractivity contribution in [3.63, 3.8) is 0 Å². The molecule has 0 saturated carbocycles. The van der Waals surface area contributed by atoms with Gasteiger partial charge in [-0.2, -0.15) is 0 Å². The third-order valence-electron chi connectivity index (χ3n) is 4.42. The predicted molar refractivity (Wildman–Crippen MR) is 87.9 cm³/mol. The zero-order valence-corrected chi connectivity index (χ0v) is 13.8. The van der Waals surface area contributed by atoms with Crippen LogP contribution in [0.15, 0.2) is 22.8 Å². The van der Waals surface area contributed by atoms with Crippen LogP contribution in [0.3, 0.4) is 0 Å². The molecule has 114 valence electrons. The van der Waals surface area contributed by atoms with E-state index in [4.69, 9.17) is 4.74 Å². The van der Waals surface area contributed by atoms with Gasteiger partial charge in [0.15, 0.2) is 0 Å². The van der Waals surface area contributed by atoms with Gasteiger partial charge in [-0.3, -0.25) is 4.90 Å². The lowest BCUT2D eigenvalue weighted by atomic mass is 10.1. The minimum atomic E-state index is 0.262. The van der Waals surface area contributed by atoms with Gasteiger partial charge < -0.3 is 14.8 Å². The van der Waals surface area contributed by atoms with Gasteiger partial charge in [0.05, 0.1) is 23.8 Å². The fraction of sp³-hybridized carbons (Fsp3) is 0.500. The molecule has 5 heteroatoms. The summed E-state index contributed by atoms with van der Waals surface area (Å²) < 4.78 is 6.53. The highest BCUT2D eigenvalue weighted by Crippen LogP contribution is 2.34. The number of hydrogen-bond donors (Lipinski definition) is 2. The molecule has 1 fully saturated rings. The summed E-state index contributed by atoms with van der Waals surface area (Å²) in [7, 11) is 1.71. The van der Waals surface area contributed by atoms with E-state index in [1.54, 1.807) is 7.11 Å². The molecule has 1 aromatic heterocycles. The Morgan fingerprint density at radius 1 is 1.48 bits per heavy atom. The number of H-pyrrole nitrogens is 1. The molecule has 1 aliphatic rings. The van der Waals surface area contributed by atoms with Crippen LogP contribution in [0.4, 0.5) is 0 Å². The highest BCUT2D eigenvalue weighted by molar-refractivity contribution is 9.10. The molecule has 0 amide bonds. The maximum atomic E-state index is 9.43. The van der Waals surface area contributed by atoms with E-state index in [9.17, 15) is 5.11 Å². The minimum absolute atomic E-state index is 0.262. The van der Waals surface area contributed by atoms with Crippen LogP contribution in [0.2, 0.25) is 0 Å². The van der Waals surface area contributed by atoms with E-state index in [1.807, 2.05) is 12.1 Å². The van der Waals surface area contributed by atoms with Crippen molar-refractivity contribution < 1.29 is 9.84 Å². The van der Waals surface area contributed by atoms with Gasteiger partial charge in [0.25, 0.3) is 0 Å². The number of methoxy groups -OCH3 is 1. The van der Waals surface area contributed by atoms with E-state index in [-0.39, 0.29) is 6.61 Å². The van der Waals surface area contributed by atoms with E-state index in [0.29, 0.717) is 6.04 Å². The zero-order valence-electron chi connectivity index (χ0n) is 12.2. The molecular formula is C16H21BrN2O2. The van der Waals surface area contributed by atoms with Gasteiger partial charge in [-0.1, -0.05) is 6.07 Å². The fourth-order valence-electron chi connectivity index (χ4n) is 3.31. The molecule has 4 nitrogen and oxygen atoms in total. The first-order chi connectivity index (χ1) is 10.2. The number of aliphatic hydroxyl groups is 1. The van der Waals surface area contributed by atoms with Gasteiger partial charge >= 0.3 is 0 Å². The van der Waals surface area contributed by atoms with Crippen molar-refractivity contribution in [3.05, 3.63) is 28.4 Å². The SMILES string of the molecule is COc1cccc2[nH]c(Br)c(CCN3CCCC3CO)c12. The van der Waals surface area contributed by atoms with Crippen molar-refractivity contribution in [2.75, 3.05) is 26.8 Å². The number of fused-ring (bicyclic) bond motifs is 1. The monoisotopic (exact) mass is 352 g/mol. The van der Waals surface area contributed by atoms with Gasteiger partial charge in [-0.05, 0) is 59.4 Å². The first-order valence-electron chi connectivity index (χ1n) is 7.42. The number of likely N-dealkylation sites (tertiary alicyclic amines) is 1. The minimum Gasteiger partial charge on any atom is -0.496 e. The third kappa shape index (κ3) is 2.82. The van der Waals surface area contributed by atoms with Gasteiger partial charge in [0, 0.05) is 18.0 Å². The van der Waals surface area contributed by atoms with Crippen molar-refractivity contribution in [1.29, 1.82) is 0 Å². The number of aromatic amines is 1. The van der Waals surface area contributed by atoms with Crippen molar-refractivity contribution in [2.24, 2.45) is 0 Å². The topological polar surface area (TPSA) is 48.5 Å². The molecule has 1 aliphatic heterocycles. The Bertz CT molecular complexity index is 626. The van der Waals surface area contributed by atoms with E-state index in [1.165, 1.54) is 12.0 Å². The molecule has 2 aromatic rings. The van der Waals surface area contributed by atoms with Gasteiger partial charge in [0.2, 0.25) is 0 Å². The highest BCUT2D eigenvalue weighted by Gasteiger charge is 2.24. The first-order valence-corrected chi connectivity index (χ1v) is 8.22. The van der Waals surface area contributed by atoms with Gasteiger partial charge in [0.1, 0.15) is 5.75 Å². The molecule has 2 N–H and O–H groups in total. The summed E-state index contributed by atoms with van der Waals surface area (Å²) in [6.07, 6.45) is 3.23. The molecule has 21 heavy (non-hydrogen) atoms. The molecule has 3 rings (SSSR count). The van der Waals surface area contributed by atoms with Crippen LogP contribution < -0.4 is 4.74 Å². The number of aliphatic hydroxyl groups excluding tert-OH is 1. The summed E-state index contributed by atoms with van der Waals surface area (Å²) in [5.41, 5.74) is 2.35. The fourth-order valence-corrected chi connectivity index (χ4v) is 3.92. The lowest BCUT2D eigenvalue weighted by Crippen LogP contribution is -2.33. The van der Waals surface area contributed by atoms with Crippen LogP contribution in [-0.2, 0) is 6.42 Å². The number of nitrogens with zero attached hydrogens (tertiary/aromatic N) is 1. The summed E-state index contributed by atoms with van der Waals surface area (Å²) in [5, 5.41) is 10.6. The maximum Gasteiger partial charge on any atom is 0.128 e. The quantitative estimate of drug-likeness (QED) is 0.869. The molecule has 0 spiro atoms. The normalized spacial score (nSPS) is 19.5. The molecule has 0 radical (unpaired) electrons. The van der Waals surface area contributed by atoms with Crippen LogP contribution in [0, 0.1) is 0 Å². The average molecular weight is 353 g/mol. The largest absolute Gasteiger partial charge is 0.496 e. The van der Waals surface area contributed by atoms with Gasteiger partial charge in [-0.25, -0.2) is 0 Å². The molecule has 2 heterocycles. The summed E-state index contributed by atoms with van der Waals surface area (Å²) >= 11 is 3.64. The van der Waals surface area contributed by atoms with Crippen LogP contribution in [-0.4, -0.2) is 47.8 Å². The van der Waals surface area contributed by atoms with Gasteiger partial charge in [-0.15, -0.1) is 0 Å². The van der Waals surface area contributed by atoms with Crippen LogP contribution in [0.5, 0.6) is 5.75 Å². The van der Waals surface area contributed by atoms with E-state index in [0.717, 1.165) is 47.2 Å². The smallest absolute Gasteiger partial charge is 0.128 e. The second kappa shape index (κ2) is 6.38. The molecule has 1 saturated heterocycles. The van der Waals surface area contributed by atoms with Crippen LogP contribution in [0.25, 0.3) is 10.9 Å². The molecule has 1 atom stereocenters. The zero-order chi connectivity index (χ0) is 14.8. The third-order valence-corrected chi connectivity index (χ3v) is 5.09. The van der Waals surface area contributed by atoms with Crippen molar-refractivity contribution in [1.82, 2.24) is 9.88 Å². The standard InChI is InChI=1S/C16H21BrN2O2/c1-21-14-6-2-5-13-15(14)12(16(17)18-13)7-9-19-8-3-4-11(19)10-20/h2,5-6,11,18,20H,3-4,7-10H2,1H3. The summed E-state index contributed by atoms with van der Waals surface area (Å²) in [6.45, 7) is 2.32. The number of benzene rings is 1. The molecular weight excluding hydrogens is 332 g/mol. The molecule has 0 bridgehead atoms. The summed E-state index contributed by atoms with van der Waals surface area (Å²) in [5.74, 6) is 0.907. The lowest BCUT2D eigenvalue weighted by molar-refractivity contribution is 0.160. The van der Waals surface area contributed by atoms with E-state index >= 15 is 0 Å². The maximum absolute atomic E-state index is 9.43. The van der Waals surface area contributed by atoms with Crippen molar-refractivity contribution in [2.45, 2.75) is 25.3 Å². The Labute approximate surface area is 133 Å². The first kappa shape index (κ1) is 14.9. The second-order valence-corrected chi connectivity index (χ2v) is 6.36. The number of aromatic nitrogens is 1. The Morgan fingerprint density at radius 2 is 2.33 bits per heavy atom. The van der Waals surface area contributed by atoms with Crippen LogP contribution >= 0.6 is 15.9 Å².